The Bertz CT molecular complexity index is 1110. The van der Waals surface area contributed by atoms with Gasteiger partial charge in [0.05, 0.1) is 39.6 Å². The van der Waals surface area contributed by atoms with E-state index in [-0.39, 0.29) is 127 Å². The highest BCUT2D eigenvalue weighted by atomic mass is 16.5. The minimum Gasteiger partial charge on any atom is -0.481 e. The molecule has 0 spiro atoms. The van der Waals surface area contributed by atoms with E-state index in [1.807, 2.05) is 13.8 Å². The van der Waals surface area contributed by atoms with Crippen molar-refractivity contribution in [3.8, 4) is 0 Å². The minimum absolute atomic E-state index is 0.0376. The lowest BCUT2D eigenvalue weighted by Crippen LogP contribution is -2.41. The molecular formula is C38H69N5O13. The zero-order valence-corrected chi connectivity index (χ0v) is 33.6. The van der Waals surface area contributed by atoms with E-state index in [1.54, 1.807) is 0 Å². The number of ether oxygens (including phenoxy) is 4. The molecule has 0 aromatic heterocycles. The second-order valence-electron chi connectivity index (χ2n) is 13.8. The third-order valence-electron chi connectivity index (χ3n) is 8.05. The van der Waals surface area contributed by atoms with E-state index >= 15 is 0 Å². The van der Waals surface area contributed by atoms with Crippen LogP contribution in [-0.4, -0.2) is 137 Å². The maximum absolute atomic E-state index is 12.2. The van der Waals surface area contributed by atoms with Crippen molar-refractivity contribution in [2.45, 2.75) is 116 Å². The molecule has 0 aliphatic carbocycles. The van der Waals surface area contributed by atoms with Gasteiger partial charge >= 0.3 is 11.9 Å². The van der Waals surface area contributed by atoms with Crippen LogP contribution in [0.4, 0.5) is 0 Å². The van der Waals surface area contributed by atoms with Crippen LogP contribution in [0.25, 0.3) is 0 Å². The summed E-state index contributed by atoms with van der Waals surface area (Å²) in [5, 5.41) is 31.3. The average Bonchev–Trinajstić information content (AvgIpc) is 3.13. The molecule has 0 rings (SSSR count). The van der Waals surface area contributed by atoms with Crippen molar-refractivity contribution in [2.24, 2.45) is 5.92 Å². The number of unbranched alkanes of at least 4 members (excludes halogenated alkanes) is 9. The molecule has 0 heterocycles. The summed E-state index contributed by atoms with van der Waals surface area (Å²) in [6.07, 6.45) is 10.4. The molecule has 0 radical (unpaired) electrons. The van der Waals surface area contributed by atoms with Gasteiger partial charge in [0.15, 0.2) is 0 Å². The predicted molar refractivity (Wildman–Crippen MR) is 207 cm³/mol. The van der Waals surface area contributed by atoms with Gasteiger partial charge < -0.3 is 55.7 Å². The monoisotopic (exact) mass is 803 g/mol. The van der Waals surface area contributed by atoms with Gasteiger partial charge in [-0.2, -0.15) is 0 Å². The third kappa shape index (κ3) is 37.1. The van der Waals surface area contributed by atoms with E-state index in [9.17, 15) is 38.7 Å². The first-order valence-electron chi connectivity index (χ1n) is 20.0. The number of aliphatic carboxylic acids is 2. The van der Waals surface area contributed by atoms with E-state index in [4.69, 9.17) is 24.1 Å². The molecule has 7 N–H and O–H groups in total. The van der Waals surface area contributed by atoms with Crippen molar-refractivity contribution in [2.75, 3.05) is 79.0 Å². The molecule has 0 saturated heterocycles. The quantitative estimate of drug-likeness (QED) is 0.0437. The second-order valence-corrected chi connectivity index (χ2v) is 13.8. The van der Waals surface area contributed by atoms with E-state index in [1.165, 1.54) is 0 Å². The lowest BCUT2D eigenvalue weighted by atomic mass is 10.0. The summed E-state index contributed by atoms with van der Waals surface area (Å²) < 4.78 is 21.2. The van der Waals surface area contributed by atoms with Gasteiger partial charge in [0, 0.05) is 51.9 Å². The fraction of sp³-hybridized carbons (Fsp3) is 0.816. The smallest absolute Gasteiger partial charge is 0.326 e. The second kappa shape index (κ2) is 36.7. The summed E-state index contributed by atoms with van der Waals surface area (Å²) in [5.74, 6) is -3.05. The van der Waals surface area contributed by atoms with Crippen LogP contribution in [0.1, 0.15) is 110 Å². The summed E-state index contributed by atoms with van der Waals surface area (Å²) in [6.45, 7) is 6.01. The SMILES string of the molecule is CC(C)CC(=O)NCCNC(=O)COCCOCCNC(=O)COCCOCCNC(=O)CC[C@H](NC(=O)CCCCCCCCCCCCC(=O)O)C(=O)O. The van der Waals surface area contributed by atoms with Crippen molar-refractivity contribution in [1.29, 1.82) is 0 Å². The van der Waals surface area contributed by atoms with E-state index in [0.29, 0.717) is 25.9 Å². The molecule has 5 amide bonds. The highest BCUT2D eigenvalue weighted by molar-refractivity contribution is 5.84. The topological polar surface area (TPSA) is 257 Å². The van der Waals surface area contributed by atoms with Gasteiger partial charge in [-0.05, 0) is 25.2 Å². The van der Waals surface area contributed by atoms with Gasteiger partial charge in [-0.3, -0.25) is 28.8 Å². The zero-order valence-electron chi connectivity index (χ0n) is 33.6. The van der Waals surface area contributed by atoms with Crippen LogP contribution in [0.15, 0.2) is 0 Å². The predicted octanol–water partition coefficient (Wildman–Crippen LogP) is 1.68. The summed E-state index contributed by atoms with van der Waals surface area (Å²) in [7, 11) is 0. The van der Waals surface area contributed by atoms with Crippen molar-refractivity contribution in [3.63, 3.8) is 0 Å². The number of carbonyl (C=O) groups excluding carboxylic acids is 5. The number of rotatable bonds is 39. The van der Waals surface area contributed by atoms with E-state index in [2.05, 4.69) is 26.6 Å². The molecule has 56 heavy (non-hydrogen) atoms. The number of hydrogen-bond donors (Lipinski definition) is 7. The summed E-state index contributed by atoms with van der Waals surface area (Å²) in [4.78, 5) is 81.6. The van der Waals surface area contributed by atoms with Crippen LogP contribution in [-0.2, 0) is 52.5 Å². The van der Waals surface area contributed by atoms with Crippen LogP contribution in [0.5, 0.6) is 0 Å². The van der Waals surface area contributed by atoms with Crippen LogP contribution < -0.4 is 26.6 Å². The highest BCUT2D eigenvalue weighted by Gasteiger charge is 2.20. The number of amides is 5. The molecule has 18 nitrogen and oxygen atoms in total. The van der Waals surface area contributed by atoms with Crippen molar-refractivity contribution in [1.82, 2.24) is 26.6 Å². The van der Waals surface area contributed by atoms with Gasteiger partial charge in [0.25, 0.3) is 0 Å². The van der Waals surface area contributed by atoms with Crippen molar-refractivity contribution >= 4 is 41.5 Å². The molecule has 0 aromatic carbocycles. The number of hydrogen-bond acceptors (Lipinski definition) is 11. The fourth-order valence-corrected chi connectivity index (χ4v) is 5.11. The lowest BCUT2D eigenvalue weighted by Gasteiger charge is -2.14. The molecule has 0 bridgehead atoms. The van der Waals surface area contributed by atoms with Crippen molar-refractivity contribution in [3.05, 3.63) is 0 Å². The highest BCUT2D eigenvalue weighted by Crippen LogP contribution is 2.12. The van der Waals surface area contributed by atoms with Gasteiger partial charge in [0.2, 0.25) is 29.5 Å². The maximum Gasteiger partial charge on any atom is 0.326 e. The molecule has 18 heteroatoms. The zero-order chi connectivity index (χ0) is 41.7. The molecular weight excluding hydrogens is 734 g/mol. The Kier molecular flexibility index (Phi) is 34.2. The molecule has 1 atom stereocenters. The Balaban J connectivity index is 3.67. The van der Waals surface area contributed by atoms with Crippen molar-refractivity contribution < 1.29 is 62.7 Å². The number of carbonyl (C=O) groups is 7. The Morgan fingerprint density at radius 1 is 0.464 bits per heavy atom. The summed E-state index contributed by atoms with van der Waals surface area (Å²) in [5.41, 5.74) is 0. The maximum atomic E-state index is 12.2. The molecule has 0 fully saturated rings. The molecule has 0 aliphatic heterocycles. The number of carboxylic acids is 2. The molecule has 0 unspecified atom stereocenters. The number of carboxylic acid groups (broad SMARTS) is 2. The van der Waals surface area contributed by atoms with E-state index < -0.39 is 18.0 Å². The Labute approximate surface area is 331 Å². The van der Waals surface area contributed by atoms with Gasteiger partial charge in [-0.1, -0.05) is 65.2 Å². The van der Waals surface area contributed by atoms with E-state index in [0.717, 1.165) is 57.8 Å². The molecule has 0 aliphatic rings. The first kappa shape index (κ1) is 52.1. The molecule has 0 saturated carbocycles. The van der Waals surface area contributed by atoms with Gasteiger partial charge in [-0.15, -0.1) is 0 Å². The fourth-order valence-electron chi connectivity index (χ4n) is 5.11. The standard InChI is InChI=1S/C38H69N5O13/c1-30(2)27-34(46)39-17-18-40-35(47)28-55-25-24-54-22-20-42-36(48)29-56-26-23-53-21-19-41-32(44)16-15-31(38(51)52)43-33(45)13-11-9-7-5-3-4-6-8-10-12-14-37(49)50/h30-31H,3-29H2,1-2H3,(H,39,46)(H,40,47)(H,41,44)(H,42,48)(H,43,45)(H,49,50)(H,51,52)/t31-/m0/s1. The normalized spacial score (nSPS) is 11.5. The van der Waals surface area contributed by atoms with Gasteiger partial charge in [-0.25, -0.2) is 4.79 Å². The largest absolute Gasteiger partial charge is 0.481 e. The molecule has 0 aromatic rings. The number of nitrogens with one attached hydrogen (secondary N) is 5. The summed E-state index contributed by atoms with van der Waals surface area (Å²) in [6, 6.07) is -1.15. The van der Waals surface area contributed by atoms with Crippen LogP contribution >= 0.6 is 0 Å². The van der Waals surface area contributed by atoms with Crippen LogP contribution in [0.2, 0.25) is 0 Å². The van der Waals surface area contributed by atoms with Gasteiger partial charge in [0.1, 0.15) is 19.3 Å². The minimum atomic E-state index is -1.20. The Morgan fingerprint density at radius 3 is 1.38 bits per heavy atom. The average molecular weight is 804 g/mol. The Morgan fingerprint density at radius 2 is 0.893 bits per heavy atom. The summed E-state index contributed by atoms with van der Waals surface area (Å²) >= 11 is 0. The van der Waals surface area contributed by atoms with Crippen LogP contribution in [0.3, 0.4) is 0 Å². The Hall–Kier alpha value is -3.87. The lowest BCUT2D eigenvalue weighted by molar-refractivity contribution is -0.142. The molecule has 324 valence electrons. The first-order chi connectivity index (χ1) is 26.9. The first-order valence-corrected chi connectivity index (χ1v) is 20.0. The van der Waals surface area contributed by atoms with Crippen LogP contribution in [0, 0.1) is 5.92 Å². The third-order valence-corrected chi connectivity index (χ3v) is 8.05.